The lowest BCUT2D eigenvalue weighted by Crippen LogP contribution is -2.47. The largest absolute Gasteiger partial charge is 0.373 e. The van der Waals surface area contributed by atoms with Crippen LogP contribution in [0.4, 0.5) is 0 Å². The summed E-state index contributed by atoms with van der Waals surface area (Å²) < 4.78 is 5.77. The van der Waals surface area contributed by atoms with Crippen LogP contribution in [0.3, 0.4) is 0 Å². The summed E-state index contributed by atoms with van der Waals surface area (Å²) in [4.78, 5) is 12.2. The molecule has 96 valence electrons. The lowest BCUT2D eigenvalue weighted by atomic mass is 9.90. The number of hydrogen-bond acceptors (Lipinski definition) is 3. The summed E-state index contributed by atoms with van der Waals surface area (Å²) in [6.45, 7) is 3.12. The van der Waals surface area contributed by atoms with Gasteiger partial charge in [-0.15, -0.1) is 0 Å². The van der Waals surface area contributed by atoms with Crippen molar-refractivity contribution in [1.29, 1.82) is 0 Å². The van der Waals surface area contributed by atoms with E-state index in [1.54, 1.807) is 0 Å². The molecule has 0 saturated carbocycles. The van der Waals surface area contributed by atoms with Crippen LogP contribution in [0.2, 0.25) is 0 Å². The van der Waals surface area contributed by atoms with E-state index in [-0.39, 0.29) is 17.9 Å². The Hall–Kier alpha value is -0.610. The Morgan fingerprint density at radius 2 is 2.18 bits per heavy atom. The highest BCUT2D eigenvalue weighted by Crippen LogP contribution is 2.34. The Kier molecular flexibility index (Phi) is 3.09. The highest BCUT2D eigenvalue weighted by atomic mass is 16.5. The van der Waals surface area contributed by atoms with Crippen LogP contribution in [0.5, 0.6) is 0 Å². The number of ether oxygens (including phenoxy) is 1. The lowest BCUT2D eigenvalue weighted by molar-refractivity contribution is -0.127. The van der Waals surface area contributed by atoms with Crippen LogP contribution in [0.1, 0.15) is 39.0 Å². The van der Waals surface area contributed by atoms with Crippen LogP contribution >= 0.6 is 0 Å². The van der Waals surface area contributed by atoms with Crippen LogP contribution in [-0.2, 0) is 9.53 Å². The molecule has 2 bridgehead atoms. The van der Waals surface area contributed by atoms with Crippen molar-refractivity contribution < 1.29 is 9.53 Å². The number of carbonyl (C=O) groups excluding carboxylic acids is 1. The van der Waals surface area contributed by atoms with E-state index in [9.17, 15) is 4.79 Å². The molecule has 1 amide bonds. The van der Waals surface area contributed by atoms with E-state index in [2.05, 4.69) is 17.6 Å². The molecule has 3 fully saturated rings. The molecule has 17 heavy (non-hydrogen) atoms. The van der Waals surface area contributed by atoms with E-state index in [0.29, 0.717) is 18.2 Å². The highest BCUT2D eigenvalue weighted by molar-refractivity contribution is 5.79. The fourth-order valence-electron chi connectivity index (χ4n) is 3.46. The van der Waals surface area contributed by atoms with Crippen LogP contribution in [-0.4, -0.2) is 36.7 Å². The van der Waals surface area contributed by atoms with Crippen LogP contribution in [0, 0.1) is 5.92 Å². The maximum absolute atomic E-state index is 12.2. The topological polar surface area (TPSA) is 50.4 Å². The minimum Gasteiger partial charge on any atom is -0.373 e. The van der Waals surface area contributed by atoms with E-state index < -0.39 is 0 Å². The Bertz CT molecular complexity index is 308. The number of nitrogens with one attached hydrogen (secondary N) is 2. The molecule has 0 aliphatic carbocycles. The minimum atomic E-state index is 0.199. The fourth-order valence-corrected chi connectivity index (χ4v) is 3.46. The van der Waals surface area contributed by atoms with Gasteiger partial charge in [0, 0.05) is 12.0 Å². The van der Waals surface area contributed by atoms with E-state index in [0.717, 1.165) is 32.2 Å². The second kappa shape index (κ2) is 4.58. The molecule has 5 atom stereocenters. The van der Waals surface area contributed by atoms with Crippen LogP contribution in [0.25, 0.3) is 0 Å². The molecule has 0 radical (unpaired) electrons. The average molecular weight is 238 g/mol. The van der Waals surface area contributed by atoms with Gasteiger partial charge in [0.15, 0.2) is 0 Å². The number of hydrogen-bond donors (Lipinski definition) is 2. The molecule has 4 nitrogen and oxygen atoms in total. The summed E-state index contributed by atoms with van der Waals surface area (Å²) in [6, 6.07) is 0.752. The molecule has 3 aliphatic rings. The molecular weight excluding hydrogens is 216 g/mol. The van der Waals surface area contributed by atoms with Crippen molar-refractivity contribution >= 4 is 5.91 Å². The first kappa shape index (κ1) is 11.5. The average Bonchev–Trinajstić information content (AvgIpc) is 2.91. The normalized spacial score (nSPS) is 44.9. The third-order valence-corrected chi connectivity index (χ3v) is 4.43. The SMILES string of the molecule is CC1CC(C(=O)NC2CC3CCC2O3)CCN1. The van der Waals surface area contributed by atoms with E-state index in [4.69, 9.17) is 4.74 Å². The summed E-state index contributed by atoms with van der Waals surface area (Å²) in [5.41, 5.74) is 0. The quantitative estimate of drug-likeness (QED) is 0.748. The van der Waals surface area contributed by atoms with Gasteiger partial charge < -0.3 is 15.4 Å². The zero-order chi connectivity index (χ0) is 11.8. The maximum atomic E-state index is 12.2. The summed E-state index contributed by atoms with van der Waals surface area (Å²) >= 11 is 0. The first-order valence-corrected chi connectivity index (χ1v) is 6.91. The first-order valence-electron chi connectivity index (χ1n) is 6.91. The Balaban J connectivity index is 1.53. The summed E-state index contributed by atoms with van der Waals surface area (Å²) in [6.07, 6.45) is 5.97. The van der Waals surface area contributed by atoms with Gasteiger partial charge in [-0.1, -0.05) is 0 Å². The molecule has 3 saturated heterocycles. The van der Waals surface area contributed by atoms with Crippen molar-refractivity contribution in [3.05, 3.63) is 0 Å². The molecule has 0 spiro atoms. The maximum Gasteiger partial charge on any atom is 0.223 e. The third-order valence-electron chi connectivity index (χ3n) is 4.43. The van der Waals surface area contributed by atoms with Crippen molar-refractivity contribution in [2.75, 3.05) is 6.54 Å². The number of fused-ring (bicyclic) bond motifs is 2. The Morgan fingerprint density at radius 3 is 2.82 bits per heavy atom. The molecular formula is C13H22N2O2. The zero-order valence-electron chi connectivity index (χ0n) is 10.4. The lowest BCUT2D eigenvalue weighted by Gasteiger charge is -2.29. The summed E-state index contributed by atoms with van der Waals surface area (Å²) in [5.74, 6) is 0.449. The number of carbonyl (C=O) groups is 1. The molecule has 5 unspecified atom stereocenters. The summed E-state index contributed by atoms with van der Waals surface area (Å²) in [5, 5.41) is 6.59. The monoisotopic (exact) mass is 238 g/mol. The van der Waals surface area contributed by atoms with Crippen molar-refractivity contribution in [2.24, 2.45) is 5.92 Å². The highest BCUT2D eigenvalue weighted by Gasteiger charge is 2.42. The van der Waals surface area contributed by atoms with Crippen molar-refractivity contribution in [2.45, 2.75) is 63.3 Å². The van der Waals surface area contributed by atoms with Gasteiger partial charge in [0.2, 0.25) is 5.91 Å². The third kappa shape index (κ3) is 2.33. The van der Waals surface area contributed by atoms with Crippen molar-refractivity contribution in [3.63, 3.8) is 0 Å². The minimum absolute atomic E-state index is 0.199. The van der Waals surface area contributed by atoms with Gasteiger partial charge in [-0.05, 0) is 45.6 Å². The van der Waals surface area contributed by atoms with E-state index >= 15 is 0 Å². The number of rotatable bonds is 2. The molecule has 2 N–H and O–H groups in total. The fraction of sp³-hybridized carbons (Fsp3) is 0.923. The molecule has 0 aromatic carbocycles. The van der Waals surface area contributed by atoms with E-state index in [1.165, 1.54) is 6.42 Å². The van der Waals surface area contributed by atoms with Gasteiger partial charge in [-0.3, -0.25) is 4.79 Å². The van der Waals surface area contributed by atoms with Gasteiger partial charge >= 0.3 is 0 Å². The molecule has 0 aromatic rings. The van der Waals surface area contributed by atoms with Crippen molar-refractivity contribution in [3.8, 4) is 0 Å². The predicted octanol–water partition coefficient (Wildman–Crippen LogP) is 0.811. The number of piperidine rings is 1. The second-order valence-electron chi connectivity index (χ2n) is 5.80. The Labute approximate surface area is 102 Å². The van der Waals surface area contributed by atoms with Gasteiger partial charge in [-0.25, -0.2) is 0 Å². The Morgan fingerprint density at radius 1 is 1.29 bits per heavy atom. The molecule has 3 rings (SSSR count). The molecule has 0 aromatic heterocycles. The van der Waals surface area contributed by atoms with Gasteiger partial charge in [0.25, 0.3) is 0 Å². The predicted molar refractivity (Wildman–Crippen MR) is 64.6 cm³/mol. The van der Waals surface area contributed by atoms with Gasteiger partial charge in [-0.2, -0.15) is 0 Å². The zero-order valence-corrected chi connectivity index (χ0v) is 10.4. The first-order chi connectivity index (χ1) is 8.22. The second-order valence-corrected chi connectivity index (χ2v) is 5.80. The molecule has 4 heteroatoms. The number of amides is 1. The standard InChI is InChI=1S/C13H22N2O2/c1-8-6-9(4-5-14-8)13(16)15-11-7-10-2-3-12(11)17-10/h8-12,14H,2-7H2,1H3,(H,15,16). The van der Waals surface area contributed by atoms with Crippen molar-refractivity contribution in [1.82, 2.24) is 10.6 Å². The van der Waals surface area contributed by atoms with E-state index in [1.807, 2.05) is 0 Å². The smallest absolute Gasteiger partial charge is 0.223 e. The van der Waals surface area contributed by atoms with Gasteiger partial charge in [0.1, 0.15) is 0 Å². The van der Waals surface area contributed by atoms with Crippen LogP contribution < -0.4 is 10.6 Å². The molecule has 3 aliphatic heterocycles. The van der Waals surface area contributed by atoms with Gasteiger partial charge in [0.05, 0.1) is 18.2 Å². The summed E-state index contributed by atoms with van der Waals surface area (Å²) in [7, 11) is 0. The molecule has 3 heterocycles. The van der Waals surface area contributed by atoms with Crippen LogP contribution in [0.15, 0.2) is 0 Å².